The van der Waals surface area contributed by atoms with Gasteiger partial charge in [0.15, 0.2) is 5.82 Å². The van der Waals surface area contributed by atoms with Crippen LogP contribution in [0.3, 0.4) is 0 Å². The van der Waals surface area contributed by atoms with Gasteiger partial charge in [0.2, 0.25) is 5.89 Å². The van der Waals surface area contributed by atoms with Gasteiger partial charge >= 0.3 is 0 Å². The summed E-state index contributed by atoms with van der Waals surface area (Å²) in [5.74, 6) is 2.37. The monoisotopic (exact) mass is 154 g/mol. The molecule has 1 aromatic rings. The predicted molar refractivity (Wildman–Crippen MR) is 42.3 cm³/mol. The van der Waals surface area contributed by atoms with Crippen LogP contribution in [-0.4, -0.2) is 10.1 Å². The van der Waals surface area contributed by atoms with Gasteiger partial charge in [0.1, 0.15) is 0 Å². The molecular weight excluding hydrogens is 140 g/mol. The molecule has 1 unspecified atom stereocenters. The Labute approximate surface area is 66.8 Å². The molecule has 0 fully saturated rings. The van der Waals surface area contributed by atoms with Crippen molar-refractivity contribution in [1.82, 2.24) is 10.1 Å². The Balaban J connectivity index is 2.76. The smallest absolute Gasteiger partial charge is 0.229 e. The van der Waals surface area contributed by atoms with Gasteiger partial charge in [-0.3, -0.25) is 0 Å². The molecule has 0 radical (unpaired) electrons. The van der Waals surface area contributed by atoms with E-state index in [9.17, 15) is 0 Å². The van der Waals surface area contributed by atoms with Gasteiger partial charge in [-0.2, -0.15) is 4.98 Å². The van der Waals surface area contributed by atoms with Crippen LogP contribution in [0, 0.1) is 12.8 Å². The van der Waals surface area contributed by atoms with Gasteiger partial charge in [-0.25, -0.2) is 0 Å². The van der Waals surface area contributed by atoms with E-state index < -0.39 is 0 Å². The van der Waals surface area contributed by atoms with Crippen LogP contribution in [0.15, 0.2) is 4.52 Å². The second kappa shape index (κ2) is 3.03. The Morgan fingerprint density at radius 1 is 1.27 bits per heavy atom. The summed E-state index contributed by atoms with van der Waals surface area (Å²) in [5, 5.41) is 3.73. The number of rotatable bonds is 2. The van der Waals surface area contributed by atoms with Crippen molar-refractivity contribution in [3.05, 3.63) is 11.7 Å². The number of hydrogen-bond donors (Lipinski definition) is 0. The van der Waals surface area contributed by atoms with Crippen LogP contribution in [0.2, 0.25) is 0 Å². The Morgan fingerprint density at radius 3 is 2.27 bits per heavy atom. The standard InChI is InChI=1S/C8H14N2O/c1-5(2)6(3)8-9-7(4)10-11-8/h5-6H,1-4H3. The molecule has 1 aromatic heterocycles. The fourth-order valence-corrected chi connectivity index (χ4v) is 0.783. The highest BCUT2D eigenvalue weighted by Crippen LogP contribution is 2.21. The van der Waals surface area contributed by atoms with Crippen LogP contribution in [0.4, 0.5) is 0 Å². The molecule has 1 rings (SSSR count). The van der Waals surface area contributed by atoms with Crippen molar-refractivity contribution in [3.8, 4) is 0 Å². The molecule has 11 heavy (non-hydrogen) atoms. The highest BCUT2D eigenvalue weighted by Gasteiger charge is 2.15. The van der Waals surface area contributed by atoms with Gasteiger partial charge in [0.05, 0.1) is 0 Å². The lowest BCUT2D eigenvalue weighted by Gasteiger charge is -2.08. The third-order valence-corrected chi connectivity index (χ3v) is 1.93. The summed E-state index contributed by atoms with van der Waals surface area (Å²) in [5.41, 5.74) is 0. The average Bonchev–Trinajstić information content (AvgIpc) is 2.34. The number of aryl methyl sites for hydroxylation is 1. The summed E-state index contributed by atoms with van der Waals surface area (Å²) in [6.07, 6.45) is 0. The SMILES string of the molecule is Cc1noc(C(C)C(C)C)n1. The van der Waals surface area contributed by atoms with Crippen LogP contribution >= 0.6 is 0 Å². The molecule has 0 saturated carbocycles. The zero-order valence-corrected chi connectivity index (χ0v) is 7.46. The van der Waals surface area contributed by atoms with Crippen molar-refractivity contribution >= 4 is 0 Å². The molecule has 0 aliphatic carbocycles. The van der Waals surface area contributed by atoms with Gasteiger partial charge in [-0.15, -0.1) is 0 Å². The first kappa shape index (κ1) is 8.24. The summed E-state index contributed by atoms with van der Waals surface area (Å²) in [6, 6.07) is 0. The Morgan fingerprint density at radius 2 is 1.91 bits per heavy atom. The van der Waals surface area contributed by atoms with Crippen molar-refractivity contribution in [2.45, 2.75) is 33.6 Å². The highest BCUT2D eigenvalue weighted by atomic mass is 16.5. The Hall–Kier alpha value is -0.860. The summed E-state index contributed by atoms with van der Waals surface area (Å²) in [7, 11) is 0. The summed E-state index contributed by atoms with van der Waals surface area (Å²) < 4.78 is 5.03. The lowest BCUT2D eigenvalue weighted by molar-refractivity contribution is 0.329. The molecule has 0 saturated heterocycles. The van der Waals surface area contributed by atoms with Crippen LogP contribution in [0.25, 0.3) is 0 Å². The minimum absolute atomic E-state index is 0.358. The van der Waals surface area contributed by atoms with Crippen molar-refractivity contribution in [3.63, 3.8) is 0 Å². The molecule has 62 valence electrons. The van der Waals surface area contributed by atoms with E-state index >= 15 is 0 Å². The molecule has 0 amide bonds. The molecule has 0 aliphatic heterocycles. The number of aromatic nitrogens is 2. The molecule has 0 spiro atoms. The molecule has 1 heterocycles. The van der Waals surface area contributed by atoms with E-state index in [-0.39, 0.29) is 0 Å². The molecule has 1 atom stereocenters. The van der Waals surface area contributed by atoms with E-state index in [1.807, 2.05) is 6.92 Å². The first-order valence-electron chi connectivity index (χ1n) is 3.91. The lowest BCUT2D eigenvalue weighted by atomic mass is 9.98. The second-order valence-electron chi connectivity index (χ2n) is 3.21. The number of hydrogen-bond acceptors (Lipinski definition) is 3. The molecule has 3 nitrogen and oxygen atoms in total. The first-order valence-corrected chi connectivity index (χ1v) is 3.91. The zero-order chi connectivity index (χ0) is 8.43. The topological polar surface area (TPSA) is 38.9 Å². The van der Waals surface area contributed by atoms with Crippen molar-refractivity contribution in [1.29, 1.82) is 0 Å². The van der Waals surface area contributed by atoms with E-state index in [0.29, 0.717) is 17.7 Å². The van der Waals surface area contributed by atoms with E-state index in [1.54, 1.807) is 0 Å². The minimum atomic E-state index is 0.358. The summed E-state index contributed by atoms with van der Waals surface area (Å²) >= 11 is 0. The van der Waals surface area contributed by atoms with Crippen LogP contribution in [0.5, 0.6) is 0 Å². The van der Waals surface area contributed by atoms with E-state index in [2.05, 4.69) is 30.9 Å². The van der Waals surface area contributed by atoms with E-state index in [1.165, 1.54) is 0 Å². The van der Waals surface area contributed by atoms with Gasteiger partial charge in [0.25, 0.3) is 0 Å². The molecule has 0 aromatic carbocycles. The van der Waals surface area contributed by atoms with Crippen molar-refractivity contribution in [2.24, 2.45) is 5.92 Å². The van der Waals surface area contributed by atoms with Crippen molar-refractivity contribution in [2.75, 3.05) is 0 Å². The fourth-order valence-electron chi connectivity index (χ4n) is 0.783. The third kappa shape index (κ3) is 1.79. The quantitative estimate of drug-likeness (QED) is 0.655. The van der Waals surface area contributed by atoms with E-state index in [0.717, 1.165) is 5.89 Å². The second-order valence-corrected chi connectivity index (χ2v) is 3.21. The first-order chi connectivity index (χ1) is 5.11. The minimum Gasteiger partial charge on any atom is -0.339 e. The largest absolute Gasteiger partial charge is 0.339 e. The Bertz CT molecular complexity index is 230. The summed E-state index contributed by atoms with van der Waals surface area (Å²) in [6.45, 7) is 8.21. The van der Waals surface area contributed by atoms with Gasteiger partial charge in [0, 0.05) is 5.92 Å². The van der Waals surface area contributed by atoms with E-state index in [4.69, 9.17) is 4.52 Å². The maximum Gasteiger partial charge on any atom is 0.229 e. The Kier molecular flexibility index (Phi) is 2.27. The lowest BCUT2D eigenvalue weighted by Crippen LogP contribution is -2.01. The average molecular weight is 154 g/mol. The third-order valence-electron chi connectivity index (χ3n) is 1.93. The molecule has 0 bridgehead atoms. The predicted octanol–water partition coefficient (Wildman–Crippen LogP) is 2.14. The summed E-state index contributed by atoms with van der Waals surface area (Å²) in [4.78, 5) is 4.15. The van der Waals surface area contributed by atoms with Gasteiger partial charge < -0.3 is 4.52 Å². The maximum atomic E-state index is 5.03. The molecule has 3 heteroatoms. The fraction of sp³-hybridized carbons (Fsp3) is 0.750. The van der Waals surface area contributed by atoms with Crippen LogP contribution in [0.1, 0.15) is 38.4 Å². The van der Waals surface area contributed by atoms with Crippen LogP contribution in [-0.2, 0) is 0 Å². The molecule has 0 N–H and O–H groups in total. The van der Waals surface area contributed by atoms with Gasteiger partial charge in [-0.1, -0.05) is 25.9 Å². The van der Waals surface area contributed by atoms with Crippen LogP contribution < -0.4 is 0 Å². The number of nitrogens with zero attached hydrogens (tertiary/aromatic N) is 2. The molecular formula is C8H14N2O. The normalized spacial score (nSPS) is 13.9. The van der Waals surface area contributed by atoms with Gasteiger partial charge in [-0.05, 0) is 12.8 Å². The zero-order valence-electron chi connectivity index (χ0n) is 7.46. The highest BCUT2D eigenvalue weighted by molar-refractivity contribution is 4.91. The molecule has 0 aliphatic rings. The van der Waals surface area contributed by atoms with Crippen molar-refractivity contribution < 1.29 is 4.52 Å². The maximum absolute atomic E-state index is 5.03.